The Morgan fingerprint density at radius 3 is 1.71 bits per heavy atom. The van der Waals surface area contributed by atoms with Crippen LogP contribution in [0.25, 0.3) is 86.2 Å². The monoisotopic (exact) mass is 755 g/mol. The average molecular weight is 756 g/mol. The first-order valence-corrected chi connectivity index (χ1v) is 20.6. The van der Waals surface area contributed by atoms with Gasteiger partial charge in [-0.05, 0) is 109 Å². The molecular weight excluding hydrogens is 719 g/mol. The van der Waals surface area contributed by atoms with E-state index in [1.54, 1.807) is 0 Å². The van der Waals surface area contributed by atoms with E-state index >= 15 is 0 Å². The maximum absolute atomic E-state index is 2.43. The van der Waals surface area contributed by atoms with Gasteiger partial charge in [0.25, 0.3) is 0 Å². The molecule has 58 heavy (non-hydrogen) atoms. The SMILES string of the molecule is c1cc(-c2ccc(-c3ccc4ccccc4c3)cc2)cc(N(c2ccc(-c3cccc4ccccc34)cc2)c2ccccc2-c2cccc3sc4ccccc4c23)c1. The maximum Gasteiger partial charge on any atom is 0.0540 e. The van der Waals surface area contributed by atoms with Gasteiger partial charge in [0.05, 0.1) is 5.69 Å². The molecule has 10 aromatic carbocycles. The molecule has 0 atom stereocenters. The van der Waals surface area contributed by atoms with Gasteiger partial charge in [-0.25, -0.2) is 0 Å². The predicted octanol–water partition coefficient (Wildman–Crippen LogP) is 16.5. The van der Waals surface area contributed by atoms with Gasteiger partial charge in [0.15, 0.2) is 0 Å². The van der Waals surface area contributed by atoms with Crippen molar-refractivity contribution in [1.29, 1.82) is 0 Å². The van der Waals surface area contributed by atoms with E-state index in [-0.39, 0.29) is 0 Å². The third-order valence-electron chi connectivity index (χ3n) is 11.5. The van der Waals surface area contributed by atoms with Gasteiger partial charge in [0.1, 0.15) is 0 Å². The van der Waals surface area contributed by atoms with E-state index in [4.69, 9.17) is 0 Å². The van der Waals surface area contributed by atoms with Crippen LogP contribution < -0.4 is 4.90 Å². The Labute approximate surface area is 342 Å². The van der Waals surface area contributed by atoms with E-state index in [1.807, 2.05) is 11.3 Å². The van der Waals surface area contributed by atoms with Crippen molar-refractivity contribution in [2.45, 2.75) is 0 Å². The molecule has 1 aromatic heterocycles. The lowest BCUT2D eigenvalue weighted by atomic mass is 9.95. The molecule has 0 spiro atoms. The first-order chi connectivity index (χ1) is 28.7. The fraction of sp³-hybridized carbons (Fsp3) is 0. The van der Waals surface area contributed by atoms with E-state index in [9.17, 15) is 0 Å². The third kappa shape index (κ3) is 6.03. The molecule has 11 rings (SSSR count). The number of hydrogen-bond acceptors (Lipinski definition) is 2. The molecule has 272 valence electrons. The minimum absolute atomic E-state index is 1.10. The summed E-state index contributed by atoms with van der Waals surface area (Å²) >= 11 is 1.86. The van der Waals surface area contributed by atoms with Crippen LogP contribution in [-0.2, 0) is 0 Å². The summed E-state index contributed by atoms with van der Waals surface area (Å²) in [5, 5.41) is 7.63. The fourth-order valence-corrected chi connectivity index (χ4v) is 9.77. The molecule has 1 nitrogen and oxygen atoms in total. The van der Waals surface area contributed by atoms with Crippen LogP contribution in [0, 0.1) is 0 Å². The van der Waals surface area contributed by atoms with E-state index in [0.29, 0.717) is 0 Å². The van der Waals surface area contributed by atoms with Crippen molar-refractivity contribution in [1.82, 2.24) is 0 Å². The quantitative estimate of drug-likeness (QED) is 0.157. The summed E-state index contributed by atoms with van der Waals surface area (Å²) in [6.07, 6.45) is 0. The molecule has 0 radical (unpaired) electrons. The largest absolute Gasteiger partial charge is 0.310 e. The second-order valence-corrected chi connectivity index (χ2v) is 16.0. The smallest absolute Gasteiger partial charge is 0.0540 e. The molecular formula is C56H37NS. The summed E-state index contributed by atoms with van der Waals surface area (Å²) in [6, 6.07) is 82.0. The van der Waals surface area contributed by atoms with Crippen molar-refractivity contribution >= 4 is 70.1 Å². The Balaban J connectivity index is 1.04. The number of benzene rings is 10. The molecule has 0 unspecified atom stereocenters. The zero-order chi connectivity index (χ0) is 38.4. The molecule has 0 aliphatic heterocycles. The lowest BCUT2D eigenvalue weighted by Gasteiger charge is -2.29. The molecule has 0 aliphatic rings. The van der Waals surface area contributed by atoms with E-state index in [0.717, 1.165) is 17.1 Å². The number of para-hydroxylation sites is 1. The molecule has 2 heteroatoms. The molecule has 11 aromatic rings. The Kier molecular flexibility index (Phi) is 8.42. The normalized spacial score (nSPS) is 11.4. The fourth-order valence-electron chi connectivity index (χ4n) is 8.64. The molecule has 1 heterocycles. The van der Waals surface area contributed by atoms with Crippen LogP contribution in [0.2, 0.25) is 0 Å². The van der Waals surface area contributed by atoms with Crippen molar-refractivity contribution in [2.24, 2.45) is 0 Å². The molecule has 0 aliphatic carbocycles. The summed E-state index contributed by atoms with van der Waals surface area (Å²) in [6.45, 7) is 0. The standard InChI is InChI=1S/C56H37NS/c1-2-14-43-36-45(31-30-38(43)12-1)40-28-26-39(27-29-40)44-16-9-17-47(37-44)57(46-34-32-42(33-35-46)49-21-10-15-41-13-3-4-18-48(41)49)53-23-7-5-19-50(53)51-22-11-25-55-56(51)52-20-6-8-24-54(52)58-55/h1-37H. The van der Waals surface area contributed by atoms with Crippen molar-refractivity contribution in [3.63, 3.8) is 0 Å². The highest BCUT2D eigenvalue weighted by molar-refractivity contribution is 7.25. The Morgan fingerprint density at radius 2 is 0.862 bits per heavy atom. The Bertz CT molecular complexity index is 3280. The summed E-state index contributed by atoms with van der Waals surface area (Å²) in [7, 11) is 0. The molecule has 0 bridgehead atoms. The van der Waals surface area contributed by atoms with Crippen LogP contribution in [0.4, 0.5) is 17.1 Å². The van der Waals surface area contributed by atoms with Gasteiger partial charge in [-0.2, -0.15) is 0 Å². The number of anilines is 3. The van der Waals surface area contributed by atoms with Gasteiger partial charge < -0.3 is 4.90 Å². The van der Waals surface area contributed by atoms with Gasteiger partial charge in [0.2, 0.25) is 0 Å². The van der Waals surface area contributed by atoms with Crippen LogP contribution in [0.15, 0.2) is 224 Å². The first-order valence-electron chi connectivity index (χ1n) is 19.8. The zero-order valence-electron chi connectivity index (χ0n) is 31.7. The van der Waals surface area contributed by atoms with Crippen LogP contribution >= 0.6 is 11.3 Å². The second kappa shape index (κ2) is 14.4. The van der Waals surface area contributed by atoms with E-state index in [1.165, 1.54) is 86.2 Å². The number of fused-ring (bicyclic) bond motifs is 5. The highest BCUT2D eigenvalue weighted by atomic mass is 32.1. The maximum atomic E-state index is 2.43. The molecule has 0 N–H and O–H groups in total. The highest BCUT2D eigenvalue weighted by Crippen LogP contribution is 2.46. The second-order valence-electron chi connectivity index (χ2n) is 14.9. The van der Waals surface area contributed by atoms with Gasteiger partial charge in [-0.15, -0.1) is 11.3 Å². The number of thiophene rings is 1. The Morgan fingerprint density at radius 1 is 0.293 bits per heavy atom. The van der Waals surface area contributed by atoms with Gasteiger partial charge in [-0.3, -0.25) is 0 Å². The minimum atomic E-state index is 1.10. The van der Waals surface area contributed by atoms with Crippen molar-refractivity contribution in [3.8, 4) is 44.5 Å². The van der Waals surface area contributed by atoms with Gasteiger partial charge in [0, 0.05) is 37.1 Å². The lowest BCUT2D eigenvalue weighted by molar-refractivity contribution is 1.28. The minimum Gasteiger partial charge on any atom is -0.310 e. The van der Waals surface area contributed by atoms with Crippen LogP contribution in [0.5, 0.6) is 0 Å². The average Bonchev–Trinajstić information content (AvgIpc) is 3.69. The number of hydrogen-bond donors (Lipinski definition) is 0. The summed E-state index contributed by atoms with van der Waals surface area (Å²) in [5.74, 6) is 0. The molecule has 0 saturated carbocycles. The van der Waals surface area contributed by atoms with Crippen molar-refractivity contribution < 1.29 is 0 Å². The number of nitrogens with zero attached hydrogens (tertiary/aromatic N) is 1. The number of rotatable bonds is 7. The van der Waals surface area contributed by atoms with Crippen LogP contribution in [0.3, 0.4) is 0 Å². The summed E-state index contributed by atoms with van der Waals surface area (Å²) in [4.78, 5) is 2.43. The predicted molar refractivity (Wildman–Crippen MR) is 251 cm³/mol. The highest BCUT2D eigenvalue weighted by Gasteiger charge is 2.20. The topological polar surface area (TPSA) is 3.24 Å². The van der Waals surface area contributed by atoms with Crippen molar-refractivity contribution in [2.75, 3.05) is 4.90 Å². The van der Waals surface area contributed by atoms with Crippen molar-refractivity contribution in [3.05, 3.63) is 224 Å². The van der Waals surface area contributed by atoms with Gasteiger partial charge in [-0.1, -0.05) is 176 Å². The molecule has 0 saturated heterocycles. The van der Waals surface area contributed by atoms with Gasteiger partial charge >= 0.3 is 0 Å². The Hall–Kier alpha value is -7.26. The first kappa shape index (κ1) is 34.0. The summed E-state index contributed by atoms with van der Waals surface area (Å²) in [5.41, 5.74) is 13.0. The zero-order valence-corrected chi connectivity index (χ0v) is 32.5. The van der Waals surface area contributed by atoms with Crippen LogP contribution in [-0.4, -0.2) is 0 Å². The molecule has 0 fully saturated rings. The lowest BCUT2D eigenvalue weighted by Crippen LogP contribution is -2.11. The van der Waals surface area contributed by atoms with E-state index < -0.39 is 0 Å². The van der Waals surface area contributed by atoms with E-state index in [2.05, 4.69) is 229 Å². The summed E-state index contributed by atoms with van der Waals surface area (Å²) < 4.78 is 2.61. The van der Waals surface area contributed by atoms with Crippen LogP contribution in [0.1, 0.15) is 0 Å². The molecule has 0 amide bonds. The third-order valence-corrected chi connectivity index (χ3v) is 12.6.